The lowest BCUT2D eigenvalue weighted by atomic mass is 10.4. The number of aryl methyl sites for hydroxylation is 1. The highest BCUT2D eigenvalue weighted by Gasteiger charge is 2.12. The largest absolute Gasteiger partial charge is 0.378 e. The summed E-state index contributed by atoms with van der Waals surface area (Å²) >= 11 is 3.18. The van der Waals surface area contributed by atoms with Gasteiger partial charge in [0.05, 0.1) is 12.3 Å². The van der Waals surface area contributed by atoms with Crippen LogP contribution in [-0.4, -0.2) is 26.6 Å². The van der Waals surface area contributed by atoms with Crippen LogP contribution in [0.15, 0.2) is 21.7 Å². The minimum Gasteiger partial charge on any atom is -0.378 e. The zero-order valence-corrected chi connectivity index (χ0v) is 11.0. The number of imidazole rings is 1. The molecule has 0 spiro atoms. The second-order valence-electron chi connectivity index (χ2n) is 3.47. The molecule has 0 bridgehead atoms. The predicted octanol–water partition coefficient (Wildman–Crippen LogP) is 1.08. The summed E-state index contributed by atoms with van der Waals surface area (Å²) < 4.78 is 7.16. The van der Waals surface area contributed by atoms with Crippen molar-refractivity contribution in [1.29, 1.82) is 0 Å². The van der Waals surface area contributed by atoms with Gasteiger partial charge in [-0.25, -0.2) is 9.97 Å². The first-order valence-electron chi connectivity index (χ1n) is 4.88. The van der Waals surface area contributed by atoms with Gasteiger partial charge in [0.1, 0.15) is 4.47 Å². The zero-order chi connectivity index (χ0) is 12.4. The zero-order valence-electron chi connectivity index (χ0n) is 9.40. The third-order valence-electron chi connectivity index (χ3n) is 2.25. The van der Waals surface area contributed by atoms with Crippen molar-refractivity contribution in [2.75, 3.05) is 7.11 Å². The Morgan fingerprint density at radius 3 is 2.94 bits per heavy atom. The van der Waals surface area contributed by atoms with Crippen molar-refractivity contribution in [1.82, 2.24) is 19.5 Å². The van der Waals surface area contributed by atoms with Gasteiger partial charge in [-0.05, 0) is 15.9 Å². The van der Waals surface area contributed by atoms with E-state index in [9.17, 15) is 4.79 Å². The molecule has 2 aromatic heterocycles. The molecule has 1 N–H and O–H groups in total. The molecular formula is C10H11BrN4O2. The molecule has 0 unspecified atom stereocenters. The van der Waals surface area contributed by atoms with Gasteiger partial charge < -0.3 is 14.3 Å². The summed E-state index contributed by atoms with van der Waals surface area (Å²) in [6.07, 6.45) is 3.43. The number of halogens is 1. The predicted molar refractivity (Wildman–Crippen MR) is 65.5 cm³/mol. The summed E-state index contributed by atoms with van der Waals surface area (Å²) in [5.74, 6) is 1.03. The minimum absolute atomic E-state index is 0.245. The molecule has 7 heteroatoms. The van der Waals surface area contributed by atoms with E-state index >= 15 is 0 Å². The number of nitrogens with zero attached hydrogens (tertiary/aromatic N) is 3. The average molecular weight is 299 g/mol. The van der Waals surface area contributed by atoms with Gasteiger partial charge in [0.15, 0.2) is 11.6 Å². The van der Waals surface area contributed by atoms with Crippen molar-refractivity contribution >= 4 is 15.9 Å². The van der Waals surface area contributed by atoms with E-state index < -0.39 is 0 Å². The van der Waals surface area contributed by atoms with Crippen molar-refractivity contribution in [2.24, 2.45) is 7.05 Å². The number of methoxy groups -OCH3 is 1. The van der Waals surface area contributed by atoms with E-state index in [-0.39, 0.29) is 12.2 Å². The maximum atomic E-state index is 11.7. The first kappa shape index (κ1) is 12.0. The molecule has 0 aromatic carbocycles. The molecule has 0 amide bonds. The van der Waals surface area contributed by atoms with Crippen molar-refractivity contribution in [3.05, 3.63) is 32.9 Å². The van der Waals surface area contributed by atoms with E-state index in [4.69, 9.17) is 4.74 Å². The van der Waals surface area contributed by atoms with Gasteiger partial charge in [0.2, 0.25) is 0 Å². The Kier molecular flexibility index (Phi) is 3.39. The van der Waals surface area contributed by atoms with Crippen LogP contribution in [0, 0.1) is 0 Å². The van der Waals surface area contributed by atoms with Crippen LogP contribution in [0.4, 0.5) is 0 Å². The first-order valence-corrected chi connectivity index (χ1v) is 5.68. The minimum atomic E-state index is -0.245. The lowest BCUT2D eigenvalue weighted by molar-refractivity contribution is 0.180. The second-order valence-corrected chi connectivity index (χ2v) is 4.26. The smallest absolute Gasteiger partial charge is 0.265 e. The normalized spacial score (nSPS) is 10.8. The number of aromatic amines is 1. The van der Waals surface area contributed by atoms with Gasteiger partial charge in [-0.1, -0.05) is 0 Å². The van der Waals surface area contributed by atoms with Crippen LogP contribution < -0.4 is 5.56 Å². The van der Waals surface area contributed by atoms with Gasteiger partial charge in [-0.2, -0.15) is 0 Å². The van der Waals surface area contributed by atoms with Crippen LogP contribution in [0.3, 0.4) is 0 Å². The summed E-state index contributed by atoms with van der Waals surface area (Å²) in [4.78, 5) is 22.8. The number of hydrogen-bond donors (Lipinski definition) is 1. The molecule has 17 heavy (non-hydrogen) atoms. The average Bonchev–Trinajstić information content (AvgIpc) is 2.71. The standard InChI is InChI=1S/C10H11BrN4O2/c1-15-4-3-12-9(15)8-13-6(5-17-2)7(11)10(16)14-8/h3-4H,5H2,1-2H3,(H,13,14,16). The SMILES string of the molecule is COCc1nc(-c2nccn2C)[nH]c(=O)c1Br. The molecule has 6 nitrogen and oxygen atoms in total. The van der Waals surface area contributed by atoms with Gasteiger partial charge in [-0.3, -0.25) is 4.79 Å². The van der Waals surface area contributed by atoms with E-state index in [1.54, 1.807) is 24.1 Å². The van der Waals surface area contributed by atoms with Gasteiger partial charge in [0.25, 0.3) is 5.56 Å². The monoisotopic (exact) mass is 298 g/mol. The molecule has 0 aliphatic carbocycles. The van der Waals surface area contributed by atoms with Crippen LogP contribution in [0.5, 0.6) is 0 Å². The molecule has 0 saturated heterocycles. The second kappa shape index (κ2) is 4.80. The number of nitrogens with one attached hydrogen (secondary N) is 1. The van der Waals surface area contributed by atoms with E-state index in [0.717, 1.165) is 0 Å². The van der Waals surface area contributed by atoms with E-state index in [1.165, 1.54) is 0 Å². The quantitative estimate of drug-likeness (QED) is 0.920. The Balaban J connectivity index is 2.57. The highest BCUT2D eigenvalue weighted by Crippen LogP contribution is 2.15. The Hall–Kier alpha value is -1.47. The fourth-order valence-electron chi connectivity index (χ4n) is 1.44. The van der Waals surface area contributed by atoms with Crippen molar-refractivity contribution in [2.45, 2.75) is 6.61 Å². The number of hydrogen-bond acceptors (Lipinski definition) is 4. The Bertz CT molecular complexity index is 590. The Morgan fingerprint density at radius 2 is 2.35 bits per heavy atom. The van der Waals surface area contributed by atoms with Crippen LogP contribution in [0.1, 0.15) is 5.69 Å². The van der Waals surface area contributed by atoms with E-state index in [2.05, 4.69) is 30.9 Å². The molecule has 0 fully saturated rings. The van der Waals surface area contributed by atoms with Crippen molar-refractivity contribution in [3.63, 3.8) is 0 Å². The van der Waals surface area contributed by atoms with Crippen molar-refractivity contribution < 1.29 is 4.74 Å². The number of H-pyrrole nitrogens is 1. The summed E-state index contributed by atoms with van der Waals surface area (Å²) in [5.41, 5.74) is 0.305. The third-order valence-corrected chi connectivity index (χ3v) is 3.06. The third kappa shape index (κ3) is 2.29. The number of ether oxygens (including phenoxy) is 1. The molecule has 0 atom stereocenters. The Labute approximate surface area is 106 Å². The molecule has 0 radical (unpaired) electrons. The molecular weight excluding hydrogens is 288 g/mol. The molecule has 0 aliphatic heterocycles. The molecule has 0 saturated carbocycles. The molecule has 2 heterocycles. The topological polar surface area (TPSA) is 72.8 Å². The number of aromatic nitrogens is 4. The van der Waals surface area contributed by atoms with Crippen LogP contribution >= 0.6 is 15.9 Å². The van der Waals surface area contributed by atoms with E-state index in [1.807, 2.05) is 7.05 Å². The van der Waals surface area contributed by atoms with Crippen LogP contribution in [0.2, 0.25) is 0 Å². The fourth-order valence-corrected chi connectivity index (χ4v) is 1.74. The molecule has 2 rings (SSSR count). The first-order chi connectivity index (χ1) is 8.13. The number of rotatable bonds is 3. The molecule has 90 valence electrons. The lowest BCUT2D eigenvalue weighted by Gasteiger charge is -2.05. The summed E-state index contributed by atoms with van der Waals surface area (Å²) in [6, 6.07) is 0. The van der Waals surface area contributed by atoms with Crippen LogP contribution in [-0.2, 0) is 18.4 Å². The molecule has 2 aromatic rings. The summed E-state index contributed by atoms with van der Waals surface area (Å²) in [5, 5.41) is 0. The summed E-state index contributed by atoms with van der Waals surface area (Å²) in [6.45, 7) is 0.266. The van der Waals surface area contributed by atoms with Gasteiger partial charge >= 0.3 is 0 Å². The van der Waals surface area contributed by atoms with Gasteiger partial charge in [-0.15, -0.1) is 0 Å². The lowest BCUT2D eigenvalue weighted by Crippen LogP contribution is -2.15. The maximum Gasteiger partial charge on any atom is 0.265 e. The maximum absolute atomic E-state index is 11.7. The van der Waals surface area contributed by atoms with E-state index in [0.29, 0.717) is 21.8 Å². The Morgan fingerprint density at radius 1 is 1.59 bits per heavy atom. The highest BCUT2D eigenvalue weighted by atomic mass is 79.9. The van der Waals surface area contributed by atoms with Gasteiger partial charge in [0, 0.05) is 26.6 Å². The van der Waals surface area contributed by atoms with Crippen molar-refractivity contribution in [3.8, 4) is 11.6 Å². The summed E-state index contributed by atoms with van der Waals surface area (Å²) in [7, 11) is 3.39. The van der Waals surface area contributed by atoms with Crippen LogP contribution in [0.25, 0.3) is 11.6 Å². The highest BCUT2D eigenvalue weighted by molar-refractivity contribution is 9.10. The fraction of sp³-hybridized carbons (Fsp3) is 0.300. The molecule has 0 aliphatic rings.